The number of nitrogens with zero attached hydrogens (tertiary/aromatic N) is 2. The number of benzene rings is 2. The van der Waals surface area contributed by atoms with Gasteiger partial charge in [0.15, 0.2) is 0 Å². The number of aliphatic hydroxyl groups is 1. The number of nitrogens with one attached hydrogen (secondary N) is 1. The van der Waals surface area contributed by atoms with E-state index >= 15 is 0 Å². The topological polar surface area (TPSA) is 91.6 Å². The van der Waals surface area contributed by atoms with Crippen molar-refractivity contribution in [1.29, 1.82) is 0 Å². The molecule has 2 aromatic carbocycles. The van der Waals surface area contributed by atoms with Crippen molar-refractivity contribution in [1.82, 2.24) is 9.88 Å². The fourth-order valence-corrected chi connectivity index (χ4v) is 4.13. The minimum Gasteiger partial charge on any atom is -0.372 e. The van der Waals surface area contributed by atoms with Crippen LogP contribution in [0.2, 0.25) is 5.02 Å². The maximum absolute atomic E-state index is 13.5. The maximum atomic E-state index is 13.5. The number of rotatable bonds is 5. The quantitative estimate of drug-likeness (QED) is 0.575. The molecule has 0 bridgehead atoms. The van der Waals surface area contributed by atoms with Gasteiger partial charge in [-0.15, -0.1) is 0 Å². The van der Waals surface area contributed by atoms with Gasteiger partial charge in [-0.25, -0.2) is 4.39 Å². The summed E-state index contributed by atoms with van der Waals surface area (Å²) in [5.74, 6) is -2.19. The van der Waals surface area contributed by atoms with E-state index in [9.17, 15) is 23.9 Å². The lowest BCUT2D eigenvalue weighted by Crippen LogP contribution is -2.52. The van der Waals surface area contributed by atoms with Crippen LogP contribution in [0.4, 0.5) is 10.1 Å². The Labute approximate surface area is 188 Å². The van der Waals surface area contributed by atoms with E-state index in [1.165, 1.54) is 17.0 Å². The highest BCUT2D eigenvalue weighted by molar-refractivity contribution is 6.30. The summed E-state index contributed by atoms with van der Waals surface area (Å²) < 4.78 is 15.0. The Morgan fingerprint density at radius 2 is 2.00 bits per heavy atom. The summed E-state index contributed by atoms with van der Waals surface area (Å²) in [6.07, 6.45) is 1.95. The molecule has 1 unspecified atom stereocenters. The van der Waals surface area contributed by atoms with E-state index in [2.05, 4.69) is 5.32 Å². The number of anilines is 1. The number of hydrogen-bond donors (Lipinski definition) is 2. The van der Waals surface area contributed by atoms with Crippen LogP contribution in [0.5, 0.6) is 0 Å². The monoisotopic (exact) mass is 457 g/mol. The first kappa shape index (κ1) is 22.0. The van der Waals surface area contributed by atoms with Gasteiger partial charge in [0.1, 0.15) is 5.82 Å². The van der Waals surface area contributed by atoms with Gasteiger partial charge >= 0.3 is 0 Å². The number of carbonyl (C=O) groups is 3. The minimum absolute atomic E-state index is 0.0457. The Kier molecular flexibility index (Phi) is 5.75. The van der Waals surface area contributed by atoms with E-state index in [0.29, 0.717) is 23.2 Å². The van der Waals surface area contributed by atoms with Crippen molar-refractivity contribution >= 4 is 45.9 Å². The zero-order chi connectivity index (χ0) is 23.0. The fraction of sp³-hybridized carbons (Fsp3) is 0.261. The van der Waals surface area contributed by atoms with Crippen LogP contribution in [-0.2, 0) is 16.1 Å². The predicted molar refractivity (Wildman–Crippen MR) is 118 cm³/mol. The molecule has 4 rings (SSSR count). The van der Waals surface area contributed by atoms with Gasteiger partial charge in [-0.2, -0.15) is 0 Å². The van der Waals surface area contributed by atoms with E-state index in [1.54, 1.807) is 42.0 Å². The van der Waals surface area contributed by atoms with E-state index in [1.807, 2.05) is 0 Å². The van der Waals surface area contributed by atoms with Crippen LogP contribution in [-0.4, -0.2) is 39.5 Å². The van der Waals surface area contributed by atoms with Crippen LogP contribution in [0.15, 0.2) is 48.7 Å². The van der Waals surface area contributed by atoms with Gasteiger partial charge in [0.2, 0.25) is 11.5 Å². The Morgan fingerprint density at radius 1 is 1.22 bits per heavy atom. The van der Waals surface area contributed by atoms with Crippen LogP contribution in [0.1, 0.15) is 30.1 Å². The number of fused-ring (bicyclic) bond motifs is 1. The van der Waals surface area contributed by atoms with E-state index in [0.717, 1.165) is 11.5 Å². The van der Waals surface area contributed by atoms with Crippen molar-refractivity contribution < 1.29 is 23.9 Å². The van der Waals surface area contributed by atoms with Crippen LogP contribution in [0.3, 0.4) is 0 Å². The maximum Gasteiger partial charge on any atom is 0.268 e. The molecule has 2 N–H and O–H groups in total. The summed E-state index contributed by atoms with van der Waals surface area (Å²) >= 11 is 5.82. The molecule has 1 aliphatic heterocycles. The van der Waals surface area contributed by atoms with Crippen LogP contribution < -0.4 is 10.2 Å². The molecule has 0 saturated carbocycles. The molecule has 7 nitrogen and oxygen atoms in total. The second kappa shape index (κ2) is 8.37. The summed E-state index contributed by atoms with van der Waals surface area (Å²) in [7, 11) is 0. The molecule has 166 valence electrons. The summed E-state index contributed by atoms with van der Waals surface area (Å²) in [5.41, 5.74) is -0.583. The Morgan fingerprint density at radius 3 is 2.72 bits per heavy atom. The van der Waals surface area contributed by atoms with Gasteiger partial charge in [-0.3, -0.25) is 19.0 Å². The van der Waals surface area contributed by atoms with Gasteiger partial charge in [-0.05, 0) is 48.0 Å². The van der Waals surface area contributed by atoms with Crippen molar-refractivity contribution in [2.75, 3.05) is 11.4 Å². The van der Waals surface area contributed by atoms with Gasteiger partial charge < -0.3 is 15.3 Å². The summed E-state index contributed by atoms with van der Waals surface area (Å²) in [5, 5.41) is 14.3. The number of amides is 2. The Hall–Kier alpha value is -3.23. The minimum atomic E-state index is -2.23. The largest absolute Gasteiger partial charge is 0.372 e. The molecular weight excluding hydrogens is 437 g/mol. The lowest BCUT2D eigenvalue weighted by molar-refractivity contribution is -0.149. The zero-order valence-corrected chi connectivity index (χ0v) is 18.0. The van der Waals surface area contributed by atoms with Crippen molar-refractivity contribution in [3.8, 4) is 0 Å². The summed E-state index contributed by atoms with van der Waals surface area (Å²) in [6, 6.07) is 10.8. The molecule has 9 heteroatoms. The average molecular weight is 458 g/mol. The highest BCUT2D eigenvalue weighted by atomic mass is 35.5. The zero-order valence-electron chi connectivity index (χ0n) is 17.3. The molecule has 0 spiro atoms. The van der Waals surface area contributed by atoms with Crippen molar-refractivity contribution in [2.45, 2.75) is 31.9 Å². The number of halogens is 2. The van der Waals surface area contributed by atoms with E-state index in [-0.39, 0.29) is 30.4 Å². The van der Waals surface area contributed by atoms with Crippen LogP contribution in [0.25, 0.3) is 10.9 Å². The number of carbonyl (C=O) groups excluding carboxylic acids is 3. The van der Waals surface area contributed by atoms with E-state index < -0.39 is 23.2 Å². The van der Waals surface area contributed by atoms with Crippen LogP contribution in [0, 0.1) is 5.82 Å². The average Bonchev–Trinajstić information content (AvgIpc) is 3.32. The normalized spacial score (nSPS) is 18.4. The molecule has 1 saturated heterocycles. The van der Waals surface area contributed by atoms with Crippen LogP contribution >= 0.6 is 11.6 Å². The third-order valence-electron chi connectivity index (χ3n) is 5.60. The summed E-state index contributed by atoms with van der Waals surface area (Å²) in [4.78, 5) is 39.0. The molecule has 2 heterocycles. The molecule has 3 aromatic rings. The highest BCUT2D eigenvalue weighted by Crippen LogP contribution is 2.31. The fourth-order valence-electron chi connectivity index (χ4n) is 3.89. The van der Waals surface area contributed by atoms with Gasteiger partial charge in [0.05, 0.1) is 5.52 Å². The Bertz CT molecular complexity index is 1220. The first-order valence-electron chi connectivity index (χ1n) is 10.1. The molecule has 1 fully saturated rings. The number of hydrogen-bond acceptors (Lipinski definition) is 4. The van der Waals surface area contributed by atoms with Crippen molar-refractivity contribution in [2.24, 2.45) is 0 Å². The molecule has 1 aliphatic rings. The van der Waals surface area contributed by atoms with Gasteiger partial charge in [-0.1, -0.05) is 18.5 Å². The first-order chi connectivity index (χ1) is 15.2. The molecular formula is C23H21ClFN3O4. The third-order valence-corrected chi connectivity index (χ3v) is 5.82. The second-order valence-corrected chi connectivity index (χ2v) is 8.14. The molecule has 1 aromatic heterocycles. The Balaban J connectivity index is 1.51. The van der Waals surface area contributed by atoms with Gasteiger partial charge in [0, 0.05) is 48.2 Å². The lowest BCUT2D eigenvalue weighted by Gasteiger charge is -2.22. The number of aromatic nitrogens is 1. The summed E-state index contributed by atoms with van der Waals surface area (Å²) in [6.45, 7) is 1.84. The van der Waals surface area contributed by atoms with Crippen molar-refractivity contribution in [3.63, 3.8) is 0 Å². The van der Waals surface area contributed by atoms with E-state index in [4.69, 9.17) is 11.6 Å². The predicted octanol–water partition coefficient (Wildman–Crippen LogP) is 3.27. The smallest absolute Gasteiger partial charge is 0.268 e. The lowest BCUT2D eigenvalue weighted by atomic mass is 10.0. The SMILES string of the molecule is CCC(=O)n1ccc2cc(N3CCC(O)(C(=O)NCc4cc(F)cc(Cl)c4)C3=O)ccc21. The second-order valence-electron chi connectivity index (χ2n) is 7.70. The first-order valence-corrected chi connectivity index (χ1v) is 10.5. The molecule has 0 aliphatic carbocycles. The van der Waals surface area contributed by atoms with Crippen molar-refractivity contribution in [3.05, 3.63) is 65.1 Å². The molecule has 2 amide bonds. The molecule has 32 heavy (non-hydrogen) atoms. The standard InChI is InChI=1S/C23H21ClFN3O4/c1-2-20(29)28-7-5-15-11-18(3-4-19(15)28)27-8-6-23(32,22(27)31)21(30)26-13-14-9-16(24)12-17(25)10-14/h3-5,7,9-12,32H,2,6,8,13H2,1H3,(H,26,30). The third kappa shape index (κ3) is 3.87. The van der Waals surface area contributed by atoms with Gasteiger partial charge in [0.25, 0.3) is 11.8 Å². The molecule has 0 radical (unpaired) electrons. The molecule has 1 atom stereocenters. The highest BCUT2D eigenvalue weighted by Gasteiger charge is 2.51.